The number of aromatic amines is 1. The van der Waals surface area contributed by atoms with E-state index in [2.05, 4.69) is 10.3 Å². The normalized spacial score (nSPS) is 15.7. The fourth-order valence-electron chi connectivity index (χ4n) is 3.82. The molecule has 1 atom stereocenters. The molecule has 3 aromatic rings. The SMILES string of the molecule is O=C(N[C@H](Cc1c[nH]c2ccccc12)C(=O)O)c1ccc(S(=O)(=O)N2CCCC2)cc1. The van der Waals surface area contributed by atoms with Crippen LogP contribution in [0.25, 0.3) is 10.9 Å². The van der Waals surface area contributed by atoms with Crippen molar-refractivity contribution in [3.63, 3.8) is 0 Å². The molecule has 0 radical (unpaired) electrons. The highest BCUT2D eigenvalue weighted by Crippen LogP contribution is 2.22. The number of benzene rings is 2. The van der Waals surface area contributed by atoms with Crippen LogP contribution in [0.5, 0.6) is 0 Å². The second-order valence-corrected chi connectivity index (χ2v) is 9.50. The number of carboxylic acids is 1. The molecule has 8 nitrogen and oxygen atoms in total. The zero-order valence-corrected chi connectivity index (χ0v) is 17.6. The highest BCUT2D eigenvalue weighted by Gasteiger charge is 2.27. The fourth-order valence-corrected chi connectivity index (χ4v) is 5.33. The summed E-state index contributed by atoms with van der Waals surface area (Å²) in [4.78, 5) is 27.6. The number of hydrogen-bond donors (Lipinski definition) is 3. The Balaban J connectivity index is 1.48. The van der Waals surface area contributed by atoms with Gasteiger partial charge in [0.25, 0.3) is 5.91 Å². The second-order valence-electron chi connectivity index (χ2n) is 7.56. The Kier molecular flexibility index (Phi) is 5.79. The van der Waals surface area contributed by atoms with Gasteiger partial charge in [0.1, 0.15) is 6.04 Å². The molecule has 1 amide bonds. The highest BCUT2D eigenvalue weighted by atomic mass is 32.2. The van der Waals surface area contributed by atoms with E-state index in [0.29, 0.717) is 13.1 Å². The summed E-state index contributed by atoms with van der Waals surface area (Å²) in [5.41, 5.74) is 1.88. The summed E-state index contributed by atoms with van der Waals surface area (Å²) < 4.78 is 26.7. The lowest BCUT2D eigenvalue weighted by molar-refractivity contribution is -0.139. The highest BCUT2D eigenvalue weighted by molar-refractivity contribution is 7.89. The lowest BCUT2D eigenvalue weighted by atomic mass is 10.0. The van der Waals surface area contributed by atoms with Gasteiger partial charge in [-0.15, -0.1) is 0 Å². The number of carboxylic acid groups (broad SMARTS) is 1. The van der Waals surface area contributed by atoms with Gasteiger partial charge < -0.3 is 15.4 Å². The van der Waals surface area contributed by atoms with Gasteiger partial charge in [-0.05, 0) is 48.7 Å². The van der Waals surface area contributed by atoms with Crippen molar-refractivity contribution in [1.82, 2.24) is 14.6 Å². The number of aliphatic carboxylic acids is 1. The monoisotopic (exact) mass is 441 g/mol. The van der Waals surface area contributed by atoms with E-state index in [1.165, 1.54) is 28.6 Å². The fraction of sp³-hybridized carbons (Fsp3) is 0.273. The van der Waals surface area contributed by atoms with Crippen LogP contribution in [0.15, 0.2) is 59.6 Å². The van der Waals surface area contributed by atoms with Gasteiger partial charge >= 0.3 is 5.97 Å². The number of carbonyl (C=O) groups is 2. The molecule has 162 valence electrons. The molecular formula is C22H23N3O5S. The van der Waals surface area contributed by atoms with Gasteiger partial charge in [0.15, 0.2) is 0 Å². The van der Waals surface area contributed by atoms with Gasteiger partial charge in [-0.25, -0.2) is 13.2 Å². The summed E-state index contributed by atoms with van der Waals surface area (Å²) in [5.74, 6) is -1.72. The molecule has 0 saturated carbocycles. The van der Waals surface area contributed by atoms with Crippen molar-refractivity contribution in [1.29, 1.82) is 0 Å². The van der Waals surface area contributed by atoms with Crippen molar-refractivity contribution in [2.24, 2.45) is 0 Å². The number of para-hydroxylation sites is 1. The molecule has 1 aromatic heterocycles. The number of rotatable bonds is 7. The minimum Gasteiger partial charge on any atom is -0.480 e. The van der Waals surface area contributed by atoms with Crippen molar-refractivity contribution in [2.75, 3.05) is 13.1 Å². The number of hydrogen-bond acceptors (Lipinski definition) is 4. The average molecular weight is 442 g/mol. The van der Waals surface area contributed by atoms with E-state index in [4.69, 9.17) is 0 Å². The molecule has 9 heteroatoms. The maximum atomic E-state index is 12.6. The molecule has 0 unspecified atom stereocenters. The molecule has 1 saturated heterocycles. The summed E-state index contributed by atoms with van der Waals surface area (Å²) >= 11 is 0. The van der Waals surface area contributed by atoms with E-state index in [-0.39, 0.29) is 16.9 Å². The number of nitrogens with zero attached hydrogens (tertiary/aromatic N) is 1. The zero-order valence-electron chi connectivity index (χ0n) is 16.7. The molecule has 1 aliphatic rings. The van der Waals surface area contributed by atoms with E-state index in [1.807, 2.05) is 24.3 Å². The van der Waals surface area contributed by atoms with Crippen LogP contribution in [-0.2, 0) is 21.2 Å². The third kappa shape index (κ3) is 4.33. The lowest BCUT2D eigenvalue weighted by Crippen LogP contribution is -2.42. The topological polar surface area (TPSA) is 120 Å². The minimum absolute atomic E-state index is 0.118. The standard InChI is InChI=1S/C22H23N3O5S/c26-21(15-7-9-17(10-8-15)31(29,30)25-11-3-4-12-25)24-20(22(27)28)13-16-14-23-19-6-2-1-5-18(16)19/h1-2,5-10,14,20,23H,3-4,11-13H2,(H,24,26)(H,27,28)/t20-/m1/s1. The van der Waals surface area contributed by atoms with Gasteiger partial charge in [0.2, 0.25) is 10.0 Å². The summed E-state index contributed by atoms with van der Waals surface area (Å²) in [5, 5.41) is 13.0. The molecule has 2 heterocycles. The average Bonchev–Trinajstić information content (AvgIpc) is 3.44. The van der Waals surface area contributed by atoms with Gasteiger partial charge in [-0.2, -0.15) is 4.31 Å². The maximum absolute atomic E-state index is 12.6. The Morgan fingerprint density at radius 2 is 1.74 bits per heavy atom. The van der Waals surface area contributed by atoms with Gasteiger partial charge in [0, 0.05) is 42.2 Å². The van der Waals surface area contributed by atoms with E-state index in [9.17, 15) is 23.1 Å². The third-order valence-corrected chi connectivity index (χ3v) is 7.43. The summed E-state index contributed by atoms with van der Waals surface area (Å²) in [6, 6.07) is 12.0. The Bertz CT molecular complexity index is 1210. The molecule has 1 aliphatic heterocycles. The van der Waals surface area contributed by atoms with Crippen LogP contribution < -0.4 is 5.32 Å². The number of fused-ring (bicyclic) bond motifs is 1. The molecule has 0 spiro atoms. The molecular weight excluding hydrogens is 418 g/mol. The quantitative estimate of drug-likeness (QED) is 0.520. The van der Waals surface area contributed by atoms with E-state index in [1.54, 1.807) is 6.20 Å². The van der Waals surface area contributed by atoms with Crippen LogP contribution in [0.4, 0.5) is 0 Å². The molecule has 31 heavy (non-hydrogen) atoms. The molecule has 4 rings (SSSR count). The summed E-state index contributed by atoms with van der Waals surface area (Å²) in [6.45, 7) is 0.997. The first-order valence-electron chi connectivity index (χ1n) is 10.0. The van der Waals surface area contributed by atoms with Crippen molar-refractivity contribution in [3.05, 3.63) is 65.9 Å². The number of aromatic nitrogens is 1. The predicted octanol–water partition coefficient (Wildman–Crippen LogP) is 2.38. The van der Waals surface area contributed by atoms with Crippen LogP contribution in [0.3, 0.4) is 0 Å². The molecule has 2 aromatic carbocycles. The minimum atomic E-state index is -3.57. The maximum Gasteiger partial charge on any atom is 0.326 e. The zero-order chi connectivity index (χ0) is 22.0. The molecule has 1 fully saturated rings. The van der Waals surface area contributed by atoms with Gasteiger partial charge in [-0.1, -0.05) is 18.2 Å². The van der Waals surface area contributed by atoms with Crippen LogP contribution in [0.1, 0.15) is 28.8 Å². The van der Waals surface area contributed by atoms with Gasteiger partial charge in [0.05, 0.1) is 4.90 Å². The van der Waals surface area contributed by atoms with Crippen molar-refractivity contribution < 1.29 is 23.1 Å². The van der Waals surface area contributed by atoms with E-state index in [0.717, 1.165) is 29.3 Å². The van der Waals surface area contributed by atoms with Crippen molar-refractivity contribution >= 4 is 32.8 Å². The molecule has 0 aliphatic carbocycles. The lowest BCUT2D eigenvalue weighted by Gasteiger charge is -2.16. The summed E-state index contributed by atoms with van der Waals surface area (Å²) in [7, 11) is -3.57. The Morgan fingerprint density at radius 3 is 2.42 bits per heavy atom. The largest absolute Gasteiger partial charge is 0.480 e. The first-order valence-corrected chi connectivity index (χ1v) is 11.5. The Labute approximate surface area is 179 Å². The number of sulfonamides is 1. The van der Waals surface area contributed by atoms with E-state index >= 15 is 0 Å². The number of H-pyrrole nitrogens is 1. The molecule has 0 bridgehead atoms. The third-order valence-electron chi connectivity index (χ3n) is 5.52. The smallest absolute Gasteiger partial charge is 0.326 e. The van der Waals surface area contributed by atoms with Crippen LogP contribution in [-0.4, -0.2) is 53.8 Å². The number of carbonyl (C=O) groups excluding carboxylic acids is 1. The number of amides is 1. The van der Waals surface area contributed by atoms with Crippen molar-refractivity contribution in [3.8, 4) is 0 Å². The molecule has 3 N–H and O–H groups in total. The van der Waals surface area contributed by atoms with Gasteiger partial charge in [-0.3, -0.25) is 4.79 Å². The first kappa shape index (κ1) is 21.1. The first-order chi connectivity index (χ1) is 14.9. The summed E-state index contributed by atoms with van der Waals surface area (Å²) in [6.07, 6.45) is 3.54. The Morgan fingerprint density at radius 1 is 1.06 bits per heavy atom. The van der Waals surface area contributed by atoms with Crippen LogP contribution in [0.2, 0.25) is 0 Å². The Hall–Kier alpha value is -3.17. The van der Waals surface area contributed by atoms with E-state index < -0.39 is 27.9 Å². The second kappa shape index (κ2) is 8.52. The predicted molar refractivity (Wildman–Crippen MR) is 115 cm³/mol. The van der Waals surface area contributed by atoms with Crippen LogP contribution >= 0.6 is 0 Å². The van der Waals surface area contributed by atoms with Crippen molar-refractivity contribution in [2.45, 2.75) is 30.2 Å². The van der Waals surface area contributed by atoms with Crippen LogP contribution in [0, 0.1) is 0 Å². The number of nitrogens with one attached hydrogen (secondary N) is 2.